The van der Waals surface area contributed by atoms with Crippen molar-refractivity contribution in [2.75, 3.05) is 19.7 Å². The lowest BCUT2D eigenvalue weighted by Crippen LogP contribution is -2.33. The Morgan fingerprint density at radius 3 is 3.06 bits per heavy atom. The highest BCUT2D eigenvalue weighted by atomic mass is 79.9. The van der Waals surface area contributed by atoms with E-state index in [0.717, 1.165) is 25.9 Å². The van der Waals surface area contributed by atoms with Crippen LogP contribution in [-0.4, -0.2) is 24.6 Å². The minimum Gasteiger partial charge on any atom is -0.492 e. The molecule has 1 atom stereocenters. The van der Waals surface area contributed by atoms with Crippen LogP contribution in [0.1, 0.15) is 12.8 Å². The molecular weight excluding hydrogens is 300 g/mol. The Morgan fingerprint density at radius 1 is 1.56 bits per heavy atom. The van der Waals surface area contributed by atoms with Gasteiger partial charge in [-0.05, 0) is 41.4 Å². The molecule has 0 radical (unpaired) electrons. The van der Waals surface area contributed by atoms with Gasteiger partial charge in [-0.1, -0.05) is 6.07 Å². The van der Waals surface area contributed by atoms with Crippen molar-refractivity contribution >= 4 is 21.6 Å². The Balaban J connectivity index is 2.00. The van der Waals surface area contributed by atoms with Crippen molar-refractivity contribution in [3.05, 3.63) is 32.8 Å². The predicted molar refractivity (Wildman–Crippen MR) is 71.9 cm³/mol. The molecule has 0 aliphatic carbocycles. The van der Waals surface area contributed by atoms with Gasteiger partial charge in [-0.3, -0.25) is 10.1 Å². The van der Waals surface area contributed by atoms with Gasteiger partial charge in [0.1, 0.15) is 10.2 Å². The summed E-state index contributed by atoms with van der Waals surface area (Å²) in [6, 6.07) is 4.84. The molecule has 0 saturated carbocycles. The summed E-state index contributed by atoms with van der Waals surface area (Å²) in [4.78, 5) is 10.4. The van der Waals surface area contributed by atoms with Crippen LogP contribution < -0.4 is 10.1 Å². The largest absolute Gasteiger partial charge is 0.492 e. The van der Waals surface area contributed by atoms with E-state index in [4.69, 9.17) is 4.74 Å². The SMILES string of the molecule is O=[N+]([O-])c1cccc(OCC2CCCNC2)c1Br. The van der Waals surface area contributed by atoms with Gasteiger partial charge < -0.3 is 10.1 Å². The smallest absolute Gasteiger partial charge is 0.287 e. The number of nitrogens with zero attached hydrogens (tertiary/aromatic N) is 1. The van der Waals surface area contributed by atoms with E-state index in [9.17, 15) is 10.1 Å². The number of nitro groups is 1. The molecule has 1 unspecified atom stereocenters. The van der Waals surface area contributed by atoms with Crippen LogP contribution in [0.3, 0.4) is 0 Å². The molecule has 1 aliphatic rings. The Labute approximate surface area is 114 Å². The summed E-state index contributed by atoms with van der Waals surface area (Å²) in [7, 11) is 0. The lowest BCUT2D eigenvalue weighted by Gasteiger charge is -2.22. The summed E-state index contributed by atoms with van der Waals surface area (Å²) < 4.78 is 6.09. The highest BCUT2D eigenvalue weighted by Gasteiger charge is 2.18. The lowest BCUT2D eigenvalue weighted by atomic mass is 10.0. The first-order valence-corrected chi connectivity index (χ1v) is 6.74. The van der Waals surface area contributed by atoms with E-state index in [2.05, 4.69) is 21.2 Å². The molecule has 0 amide bonds. The van der Waals surface area contributed by atoms with Crippen LogP contribution in [0.5, 0.6) is 5.75 Å². The van der Waals surface area contributed by atoms with Crippen molar-refractivity contribution in [1.29, 1.82) is 0 Å². The number of ether oxygens (including phenoxy) is 1. The summed E-state index contributed by atoms with van der Waals surface area (Å²) in [5.74, 6) is 1.01. The number of piperidine rings is 1. The third kappa shape index (κ3) is 3.20. The summed E-state index contributed by atoms with van der Waals surface area (Å²) >= 11 is 3.22. The van der Waals surface area contributed by atoms with Crippen molar-refractivity contribution in [2.24, 2.45) is 5.92 Å². The fraction of sp³-hybridized carbons (Fsp3) is 0.500. The average molecular weight is 315 g/mol. The number of hydrogen-bond donors (Lipinski definition) is 1. The maximum absolute atomic E-state index is 10.8. The molecule has 1 aromatic carbocycles. The number of rotatable bonds is 4. The zero-order valence-electron chi connectivity index (χ0n) is 9.89. The van der Waals surface area contributed by atoms with Crippen LogP contribution in [0.2, 0.25) is 0 Å². The summed E-state index contributed by atoms with van der Waals surface area (Å²) in [6.07, 6.45) is 2.30. The quantitative estimate of drug-likeness (QED) is 0.685. The molecule has 5 nitrogen and oxygen atoms in total. The normalized spacial score (nSPS) is 19.5. The minimum atomic E-state index is -0.418. The number of hydrogen-bond acceptors (Lipinski definition) is 4. The standard InChI is InChI=1S/C12H15BrN2O3/c13-12-10(15(16)17)4-1-5-11(12)18-8-9-3-2-6-14-7-9/h1,4-5,9,14H,2-3,6-8H2. The first-order chi connectivity index (χ1) is 8.68. The van der Waals surface area contributed by atoms with Crippen LogP contribution in [0.15, 0.2) is 22.7 Å². The van der Waals surface area contributed by atoms with E-state index in [0.29, 0.717) is 22.7 Å². The number of benzene rings is 1. The Kier molecular flexibility index (Phi) is 4.54. The van der Waals surface area contributed by atoms with Crippen LogP contribution >= 0.6 is 15.9 Å². The first-order valence-electron chi connectivity index (χ1n) is 5.95. The van der Waals surface area contributed by atoms with E-state index in [1.807, 2.05) is 0 Å². The van der Waals surface area contributed by atoms with Gasteiger partial charge in [0.05, 0.1) is 11.5 Å². The fourth-order valence-electron chi connectivity index (χ4n) is 2.03. The second-order valence-electron chi connectivity index (χ2n) is 4.37. The fourth-order valence-corrected chi connectivity index (χ4v) is 2.55. The van der Waals surface area contributed by atoms with Gasteiger partial charge >= 0.3 is 0 Å². The summed E-state index contributed by atoms with van der Waals surface area (Å²) in [6.45, 7) is 2.61. The lowest BCUT2D eigenvalue weighted by molar-refractivity contribution is -0.385. The summed E-state index contributed by atoms with van der Waals surface area (Å²) in [5.41, 5.74) is 0.0364. The topological polar surface area (TPSA) is 64.4 Å². The third-order valence-corrected chi connectivity index (χ3v) is 3.81. The van der Waals surface area contributed by atoms with Gasteiger partial charge in [0.15, 0.2) is 0 Å². The average Bonchev–Trinajstić information content (AvgIpc) is 2.38. The van der Waals surface area contributed by atoms with E-state index in [-0.39, 0.29) is 5.69 Å². The molecule has 0 aromatic heterocycles. The van der Waals surface area contributed by atoms with Crippen molar-refractivity contribution < 1.29 is 9.66 Å². The molecule has 6 heteroatoms. The van der Waals surface area contributed by atoms with E-state index in [1.54, 1.807) is 12.1 Å². The molecular formula is C12H15BrN2O3. The Bertz CT molecular complexity index is 433. The van der Waals surface area contributed by atoms with Crippen LogP contribution in [0.4, 0.5) is 5.69 Å². The van der Waals surface area contributed by atoms with Gasteiger partial charge in [0, 0.05) is 18.5 Å². The predicted octanol–water partition coefficient (Wildman–Crippen LogP) is 2.74. The van der Waals surface area contributed by atoms with Gasteiger partial charge in [-0.25, -0.2) is 0 Å². The molecule has 1 N–H and O–H groups in total. The molecule has 1 heterocycles. The van der Waals surface area contributed by atoms with Crippen molar-refractivity contribution in [2.45, 2.75) is 12.8 Å². The molecule has 1 saturated heterocycles. The van der Waals surface area contributed by atoms with Crippen LogP contribution in [0.25, 0.3) is 0 Å². The van der Waals surface area contributed by atoms with Crippen LogP contribution in [0, 0.1) is 16.0 Å². The molecule has 0 spiro atoms. The highest BCUT2D eigenvalue weighted by molar-refractivity contribution is 9.10. The van der Waals surface area contributed by atoms with Crippen molar-refractivity contribution in [1.82, 2.24) is 5.32 Å². The zero-order valence-corrected chi connectivity index (χ0v) is 11.5. The maximum Gasteiger partial charge on any atom is 0.287 e. The van der Waals surface area contributed by atoms with Gasteiger partial charge in [-0.2, -0.15) is 0 Å². The molecule has 0 bridgehead atoms. The number of nitro benzene ring substituents is 1. The van der Waals surface area contributed by atoms with E-state index in [1.165, 1.54) is 6.07 Å². The zero-order chi connectivity index (χ0) is 13.0. The Morgan fingerprint density at radius 2 is 2.39 bits per heavy atom. The molecule has 1 aromatic rings. The van der Waals surface area contributed by atoms with E-state index < -0.39 is 4.92 Å². The van der Waals surface area contributed by atoms with Crippen LogP contribution in [-0.2, 0) is 0 Å². The second kappa shape index (κ2) is 6.15. The first kappa shape index (κ1) is 13.3. The number of nitrogens with one attached hydrogen (secondary N) is 1. The van der Waals surface area contributed by atoms with Gasteiger partial charge in [0.25, 0.3) is 5.69 Å². The van der Waals surface area contributed by atoms with Gasteiger partial charge in [0.2, 0.25) is 0 Å². The van der Waals surface area contributed by atoms with E-state index >= 15 is 0 Å². The molecule has 1 aliphatic heterocycles. The highest BCUT2D eigenvalue weighted by Crippen LogP contribution is 2.34. The second-order valence-corrected chi connectivity index (χ2v) is 5.16. The monoisotopic (exact) mass is 314 g/mol. The molecule has 18 heavy (non-hydrogen) atoms. The van der Waals surface area contributed by atoms with Crippen molar-refractivity contribution in [3.8, 4) is 5.75 Å². The van der Waals surface area contributed by atoms with Crippen molar-refractivity contribution in [3.63, 3.8) is 0 Å². The molecule has 1 fully saturated rings. The number of halogens is 1. The minimum absolute atomic E-state index is 0.0364. The third-order valence-electron chi connectivity index (χ3n) is 3.01. The molecule has 98 valence electrons. The summed E-state index contributed by atoms with van der Waals surface area (Å²) in [5, 5.41) is 14.1. The maximum atomic E-state index is 10.8. The Hall–Kier alpha value is -1.14. The molecule has 2 rings (SSSR count). The van der Waals surface area contributed by atoms with Gasteiger partial charge in [-0.15, -0.1) is 0 Å².